The zero-order chi connectivity index (χ0) is 20.4. The minimum atomic E-state index is -0.0410. The SMILES string of the molecule is CCn1cc(CN2CCCN(C(=O)c3cnc4c(cnn4C)c3OC)CC2)cn1. The molecule has 0 atom stereocenters. The summed E-state index contributed by atoms with van der Waals surface area (Å²) in [5.41, 5.74) is 2.40. The van der Waals surface area contributed by atoms with Crippen molar-refractivity contribution in [1.29, 1.82) is 0 Å². The van der Waals surface area contributed by atoms with Gasteiger partial charge in [-0.15, -0.1) is 0 Å². The number of nitrogens with zero attached hydrogens (tertiary/aromatic N) is 7. The third-order valence-electron chi connectivity index (χ3n) is 5.44. The van der Waals surface area contributed by atoms with Crippen molar-refractivity contribution < 1.29 is 9.53 Å². The standard InChI is InChI=1S/C20H27N7O2/c1-4-27-14-15(10-23-27)13-25-6-5-7-26(9-8-25)20(28)17-11-21-19-16(18(17)29-3)12-22-24(19)2/h10-12,14H,4-9,13H2,1-3H3. The van der Waals surface area contributed by atoms with Gasteiger partial charge in [-0.3, -0.25) is 19.1 Å². The predicted octanol–water partition coefficient (Wildman–Crippen LogP) is 1.54. The average molecular weight is 397 g/mol. The lowest BCUT2D eigenvalue weighted by Crippen LogP contribution is -2.35. The number of carbonyl (C=O) groups excluding carboxylic acids is 1. The Hall–Kier alpha value is -2.94. The fourth-order valence-electron chi connectivity index (χ4n) is 3.87. The zero-order valence-corrected chi connectivity index (χ0v) is 17.2. The van der Waals surface area contributed by atoms with Crippen LogP contribution in [0.3, 0.4) is 0 Å². The molecule has 9 heteroatoms. The van der Waals surface area contributed by atoms with E-state index in [-0.39, 0.29) is 5.91 Å². The van der Waals surface area contributed by atoms with E-state index in [1.54, 1.807) is 24.2 Å². The Morgan fingerprint density at radius 1 is 1.14 bits per heavy atom. The van der Waals surface area contributed by atoms with E-state index in [4.69, 9.17) is 4.74 Å². The third-order valence-corrected chi connectivity index (χ3v) is 5.44. The number of fused-ring (bicyclic) bond motifs is 1. The van der Waals surface area contributed by atoms with E-state index in [9.17, 15) is 4.79 Å². The maximum atomic E-state index is 13.2. The first-order valence-corrected chi connectivity index (χ1v) is 9.98. The van der Waals surface area contributed by atoms with Gasteiger partial charge in [0.1, 0.15) is 11.3 Å². The van der Waals surface area contributed by atoms with E-state index in [2.05, 4.69) is 33.2 Å². The maximum absolute atomic E-state index is 13.2. The Labute approximate surface area is 169 Å². The van der Waals surface area contributed by atoms with Crippen molar-refractivity contribution in [2.75, 3.05) is 33.3 Å². The molecule has 0 unspecified atom stereocenters. The predicted molar refractivity (Wildman–Crippen MR) is 109 cm³/mol. The van der Waals surface area contributed by atoms with Crippen molar-refractivity contribution in [2.45, 2.75) is 26.4 Å². The molecule has 0 aliphatic carbocycles. The second-order valence-corrected chi connectivity index (χ2v) is 7.34. The molecule has 3 aromatic heterocycles. The number of aryl methyl sites for hydroxylation is 2. The molecule has 0 aromatic carbocycles. The smallest absolute Gasteiger partial charge is 0.259 e. The zero-order valence-electron chi connectivity index (χ0n) is 17.2. The summed E-state index contributed by atoms with van der Waals surface area (Å²) in [7, 11) is 3.41. The Bertz CT molecular complexity index is 1010. The molecule has 1 fully saturated rings. The van der Waals surface area contributed by atoms with Crippen LogP contribution in [0, 0.1) is 0 Å². The Morgan fingerprint density at radius 2 is 2.00 bits per heavy atom. The number of hydrogen-bond donors (Lipinski definition) is 0. The van der Waals surface area contributed by atoms with Gasteiger partial charge in [-0.2, -0.15) is 10.2 Å². The summed E-state index contributed by atoms with van der Waals surface area (Å²) >= 11 is 0. The molecule has 154 valence electrons. The molecule has 1 aliphatic heterocycles. The van der Waals surface area contributed by atoms with Crippen LogP contribution in [0.5, 0.6) is 5.75 Å². The van der Waals surface area contributed by atoms with Crippen molar-refractivity contribution >= 4 is 16.9 Å². The number of hydrogen-bond acceptors (Lipinski definition) is 6. The normalized spacial score (nSPS) is 15.6. The van der Waals surface area contributed by atoms with Gasteiger partial charge in [0.05, 0.1) is 24.9 Å². The number of rotatable bonds is 5. The molecular weight excluding hydrogens is 370 g/mol. The van der Waals surface area contributed by atoms with E-state index in [1.807, 2.05) is 22.8 Å². The maximum Gasteiger partial charge on any atom is 0.259 e. The van der Waals surface area contributed by atoms with Crippen molar-refractivity contribution in [3.05, 3.63) is 35.9 Å². The Kier molecular flexibility index (Phi) is 5.48. The second kappa shape index (κ2) is 8.20. The van der Waals surface area contributed by atoms with Crippen LogP contribution in [-0.4, -0.2) is 73.5 Å². The van der Waals surface area contributed by atoms with Crippen LogP contribution >= 0.6 is 0 Å². The number of ether oxygens (including phenoxy) is 1. The van der Waals surface area contributed by atoms with Crippen molar-refractivity contribution in [3.63, 3.8) is 0 Å². The monoisotopic (exact) mass is 397 g/mol. The van der Waals surface area contributed by atoms with Gasteiger partial charge in [0.2, 0.25) is 0 Å². The fourth-order valence-corrected chi connectivity index (χ4v) is 3.87. The summed E-state index contributed by atoms with van der Waals surface area (Å²) in [6, 6.07) is 0. The Balaban J connectivity index is 1.47. The van der Waals surface area contributed by atoms with Gasteiger partial charge < -0.3 is 9.64 Å². The highest BCUT2D eigenvalue weighted by Crippen LogP contribution is 2.29. The molecule has 0 N–H and O–H groups in total. The molecular formula is C20H27N7O2. The van der Waals surface area contributed by atoms with Crippen molar-refractivity contribution in [2.24, 2.45) is 7.05 Å². The van der Waals surface area contributed by atoms with Gasteiger partial charge in [-0.1, -0.05) is 0 Å². The molecule has 0 radical (unpaired) electrons. The second-order valence-electron chi connectivity index (χ2n) is 7.34. The molecule has 9 nitrogen and oxygen atoms in total. The highest BCUT2D eigenvalue weighted by atomic mass is 16.5. The van der Waals surface area contributed by atoms with E-state index in [0.717, 1.165) is 44.5 Å². The van der Waals surface area contributed by atoms with Crippen molar-refractivity contribution in [3.8, 4) is 5.75 Å². The first-order valence-electron chi connectivity index (χ1n) is 9.98. The minimum Gasteiger partial charge on any atom is -0.495 e. The molecule has 0 spiro atoms. The van der Waals surface area contributed by atoms with Gasteiger partial charge in [-0.25, -0.2) is 4.98 Å². The Morgan fingerprint density at radius 3 is 2.76 bits per heavy atom. The minimum absolute atomic E-state index is 0.0410. The molecule has 4 heterocycles. The van der Waals surface area contributed by atoms with Crippen LogP contribution in [-0.2, 0) is 20.1 Å². The summed E-state index contributed by atoms with van der Waals surface area (Å²) in [5.74, 6) is 0.502. The molecule has 0 bridgehead atoms. The quantitative estimate of drug-likeness (QED) is 0.650. The van der Waals surface area contributed by atoms with Crippen LogP contribution in [0.25, 0.3) is 11.0 Å². The molecule has 1 amide bonds. The van der Waals surface area contributed by atoms with Gasteiger partial charge >= 0.3 is 0 Å². The van der Waals surface area contributed by atoms with Crippen LogP contribution in [0.4, 0.5) is 0 Å². The van der Waals surface area contributed by atoms with Gasteiger partial charge in [-0.05, 0) is 13.3 Å². The number of methoxy groups -OCH3 is 1. The lowest BCUT2D eigenvalue weighted by Gasteiger charge is -2.22. The largest absolute Gasteiger partial charge is 0.495 e. The summed E-state index contributed by atoms with van der Waals surface area (Å²) < 4.78 is 9.19. The summed E-state index contributed by atoms with van der Waals surface area (Å²) in [4.78, 5) is 21.9. The van der Waals surface area contributed by atoms with Gasteiger partial charge in [0, 0.05) is 64.3 Å². The summed E-state index contributed by atoms with van der Waals surface area (Å²) in [6.07, 6.45) is 8.24. The van der Waals surface area contributed by atoms with E-state index in [0.29, 0.717) is 23.5 Å². The first-order chi connectivity index (χ1) is 14.1. The third kappa shape index (κ3) is 3.82. The lowest BCUT2D eigenvalue weighted by atomic mass is 10.1. The van der Waals surface area contributed by atoms with Crippen molar-refractivity contribution in [1.82, 2.24) is 34.3 Å². The molecule has 3 aromatic rings. The molecule has 4 rings (SSSR count). The van der Waals surface area contributed by atoms with Gasteiger partial charge in [0.15, 0.2) is 5.65 Å². The molecule has 1 saturated heterocycles. The summed E-state index contributed by atoms with van der Waals surface area (Å²) in [6.45, 7) is 6.99. The highest BCUT2D eigenvalue weighted by Gasteiger charge is 2.25. The summed E-state index contributed by atoms with van der Waals surface area (Å²) in [5, 5.41) is 9.33. The topological polar surface area (TPSA) is 81.3 Å². The molecule has 29 heavy (non-hydrogen) atoms. The number of aromatic nitrogens is 5. The number of amides is 1. The molecule has 1 aliphatic rings. The van der Waals surface area contributed by atoms with Crippen LogP contribution < -0.4 is 4.74 Å². The highest BCUT2D eigenvalue weighted by molar-refractivity contribution is 6.01. The van der Waals surface area contributed by atoms with Crippen LogP contribution in [0.1, 0.15) is 29.3 Å². The van der Waals surface area contributed by atoms with E-state index in [1.165, 1.54) is 5.56 Å². The molecule has 0 saturated carbocycles. The van der Waals surface area contributed by atoms with Crippen LogP contribution in [0.2, 0.25) is 0 Å². The lowest BCUT2D eigenvalue weighted by molar-refractivity contribution is 0.0757. The first kappa shape index (κ1) is 19.4. The number of pyridine rings is 1. The van der Waals surface area contributed by atoms with E-state index >= 15 is 0 Å². The van der Waals surface area contributed by atoms with E-state index < -0.39 is 0 Å². The number of carbonyl (C=O) groups is 1. The fraction of sp³-hybridized carbons (Fsp3) is 0.500. The van der Waals surface area contributed by atoms with Crippen LogP contribution in [0.15, 0.2) is 24.8 Å². The van der Waals surface area contributed by atoms with Gasteiger partial charge in [0.25, 0.3) is 5.91 Å². The average Bonchev–Trinajstić information content (AvgIpc) is 3.27.